The van der Waals surface area contributed by atoms with Crippen molar-refractivity contribution in [3.8, 4) is 0 Å². The SMILES string of the molecule is CC.CC(C)(C)F. The highest BCUT2D eigenvalue weighted by Crippen LogP contribution is 2.02. The van der Waals surface area contributed by atoms with Gasteiger partial charge in [0.05, 0.1) is 0 Å². The predicted octanol–water partition coefficient (Wildman–Crippen LogP) is 2.78. The molecule has 0 spiro atoms. The summed E-state index contributed by atoms with van der Waals surface area (Å²) in [6, 6.07) is 0. The predicted molar refractivity (Wildman–Crippen MR) is 32.2 cm³/mol. The van der Waals surface area contributed by atoms with Gasteiger partial charge in [0, 0.05) is 0 Å². The van der Waals surface area contributed by atoms with E-state index in [0.29, 0.717) is 0 Å². The number of hydrogen-bond acceptors (Lipinski definition) is 0. The molecule has 0 fully saturated rings. The second-order valence-electron chi connectivity index (χ2n) is 2.07. The van der Waals surface area contributed by atoms with Crippen molar-refractivity contribution in [2.24, 2.45) is 0 Å². The fraction of sp³-hybridized carbons (Fsp3) is 1.00. The molecule has 0 saturated carbocycles. The minimum atomic E-state index is -1.00. The van der Waals surface area contributed by atoms with Crippen LogP contribution in [0.25, 0.3) is 0 Å². The third-order valence-corrected chi connectivity index (χ3v) is 0. The van der Waals surface area contributed by atoms with Crippen molar-refractivity contribution >= 4 is 0 Å². The quantitative estimate of drug-likeness (QED) is 0.445. The second kappa shape index (κ2) is 4.10. The molecule has 0 saturated heterocycles. The number of alkyl halides is 1. The highest BCUT2D eigenvalue weighted by Gasteiger charge is 2.01. The van der Waals surface area contributed by atoms with Gasteiger partial charge in [-0.15, -0.1) is 0 Å². The molecule has 7 heavy (non-hydrogen) atoms. The smallest absolute Gasteiger partial charge is 0.102 e. The highest BCUT2D eigenvalue weighted by atomic mass is 19.1. The molecule has 0 atom stereocenters. The van der Waals surface area contributed by atoms with E-state index >= 15 is 0 Å². The second-order valence-corrected chi connectivity index (χ2v) is 2.07. The van der Waals surface area contributed by atoms with Gasteiger partial charge in [-0.05, 0) is 20.8 Å². The molecule has 0 aromatic rings. The summed E-state index contributed by atoms with van der Waals surface area (Å²) in [5, 5.41) is 0. The van der Waals surface area contributed by atoms with E-state index in [1.54, 1.807) is 0 Å². The van der Waals surface area contributed by atoms with Crippen molar-refractivity contribution in [3.05, 3.63) is 0 Å². The van der Waals surface area contributed by atoms with Crippen molar-refractivity contribution in [2.45, 2.75) is 40.3 Å². The normalized spacial score (nSPS) is 9.43. The maximum absolute atomic E-state index is 11.7. The van der Waals surface area contributed by atoms with Gasteiger partial charge in [0.15, 0.2) is 0 Å². The van der Waals surface area contributed by atoms with E-state index in [2.05, 4.69) is 0 Å². The highest BCUT2D eigenvalue weighted by molar-refractivity contribution is 4.52. The number of rotatable bonds is 0. The lowest BCUT2D eigenvalue weighted by atomic mass is 10.2. The topological polar surface area (TPSA) is 0 Å². The molecule has 0 N–H and O–H groups in total. The Morgan fingerprint density at radius 3 is 1.00 bits per heavy atom. The lowest BCUT2D eigenvalue weighted by Crippen LogP contribution is -2.01. The molecular formula is C6H15F. The maximum atomic E-state index is 11.7. The molecule has 0 rings (SSSR count). The summed E-state index contributed by atoms with van der Waals surface area (Å²) in [6.45, 7) is 8.56. The molecule has 0 aliphatic carbocycles. The van der Waals surface area contributed by atoms with Crippen LogP contribution < -0.4 is 0 Å². The lowest BCUT2D eigenvalue weighted by molar-refractivity contribution is 0.246. The van der Waals surface area contributed by atoms with Crippen LogP contribution in [0, 0.1) is 0 Å². The van der Waals surface area contributed by atoms with E-state index in [9.17, 15) is 4.39 Å². The van der Waals surface area contributed by atoms with Crippen LogP contribution in [0.4, 0.5) is 4.39 Å². The van der Waals surface area contributed by atoms with Crippen molar-refractivity contribution in [1.29, 1.82) is 0 Å². The molecule has 0 radical (unpaired) electrons. The molecule has 0 aromatic heterocycles. The van der Waals surface area contributed by atoms with Crippen LogP contribution in [0.5, 0.6) is 0 Å². The van der Waals surface area contributed by atoms with Crippen LogP contribution in [0.15, 0.2) is 0 Å². The zero-order chi connectivity index (χ0) is 6.50. The standard InChI is InChI=1S/C4H9F.C2H6/c1-4(2,3)5;1-2/h1-3H3;1-2H3. The minimum Gasteiger partial charge on any atom is -0.245 e. The van der Waals surface area contributed by atoms with Crippen LogP contribution in [-0.2, 0) is 0 Å². The summed E-state index contributed by atoms with van der Waals surface area (Å²) in [4.78, 5) is 0. The third-order valence-electron chi connectivity index (χ3n) is 0. The van der Waals surface area contributed by atoms with E-state index in [4.69, 9.17) is 0 Å². The fourth-order valence-corrected chi connectivity index (χ4v) is 0. The Kier molecular flexibility index (Phi) is 5.87. The zero-order valence-corrected chi connectivity index (χ0v) is 5.88. The largest absolute Gasteiger partial charge is 0.245 e. The molecule has 1 heteroatoms. The van der Waals surface area contributed by atoms with Crippen LogP contribution in [0.2, 0.25) is 0 Å². The van der Waals surface area contributed by atoms with Crippen molar-refractivity contribution in [2.75, 3.05) is 0 Å². The zero-order valence-electron chi connectivity index (χ0n) is 5.88. The van der Waals surface area contributed by atoms with E-state index < -0.39 is 5.67 Å². The first-order valence-electron chi connectivity index (χ1n) is 2.69. The van der Waals surface area contributed by atoms with Gasteiger partial charge in [-0.3, -0.25) is 0 Å². The van der Waals surface area contributed by atoms with Crippen molar-refractivity contribution in [1.82, 2.24) is 0 Å². The van der Waals surface area contributed by atoms with Gasteiger partial charge in [-0.2, -0.15) is 0 Å². The molecular weight excluding hydrogens is 91.1 g/mol. The maximum Gasteiger partial charge on any atom is 0.102 e. The van der Waals surface area contributed by atoms with E-state index in [0.717, 1.165) is 0 Å². The lowest BCUT2D eigenvalue weighted by Gasteiger charge is -1.99. The van der Waals surface area contributed by atoms with E-state index in [-0.39, 0.29) is 0 Å². The van der Waals surface area contributed by atoms with Crippen molar-refractivity contribution < 1.29 is 4.39 Å². The van der Waals surface area contributed by atoms with Gasteiger partial charge in [-0.25, -0.2) is 4.39 Å². The first-order valence-corrected chi connectivity index (χ1v) is 2.69. The average Bonchev–Trinajstić information content (AvgIpc) is 1.36. The molecule has 0 unspecified atom stereocenters. The number of halogens is 1. The Morgan fingerprint density at radius 1 is 1.00 bits per heavy atom. The molecule has 0 amide bonds. The average molecular weight is 106 g/mol. The summed E-state index contributed by atoms with van der Waals surface area (Å²) >= 11 is 0. The van der Waals surface area contributed by atoms with E-state index in [1.807, 2.05) is 13.8 Å². The molecule has 0 bridgehead atoms. The Labute approximate surface area is 45.7 Å². The van der Waals surface area contributed by atoms with Gasteiger partial charge in [0.25, 0.3) is 0 Å². The summed E-state index contributed by atoms with van der Waals surface area (Å²) in [7, 11) is 0. The van der Waals surface area contributed by atoms with E-state index in [1.165, 1.54) is 20.8 Å². The number of hydrogen-bond donors (Lipinski definition) is 0. The summed E-state index contributed by atoms with van der Waals surface area (Å²) in [5.74, 6) is 0. The summed E-state index contributed by atoms with van der Waals surface area (Å²) < 4.78 is 11.7. The summed E-state index contributed by atoms with van der Waals surface area (Å²) in [5.41, 5.74) is -1.00. The summed E-state index contributed by atoms with van der Waals surface area (Å²) in [6.07, 6.45) is 0. The molecule has 0 nitrogen and oxygen atoms in total. The van der Waals surface area contributed by atoms with Crippen LogP contribution in [0.3, 0.4) is 0 Å². The molecule has 0 heterocycles. The van der Waals surface area contributed by atoms with Crippen LogP contribution in [0.1, 0.15) is 34.6 Å². The molecule has 46 valence electrons. The van der Waals surface area contributed by atoms with Gasteiger partial charge in [0.1, 0.15) is 5.67 Å². The Balaban J connectivity index is 0. The molecule has 0 aliphatic heterocycles. The van der Waals surface area contributed by atoms with Gasteiger partial charge < -0.3 is 0 Å². The minimum absolute atomic E-state index is 1.00. The molecule has 0 aromatic carbocycles. The monoisotopic (exact) mass is 106 g/mol. The van der Waals surface area contributed by atoms with Gasteiger partial charge >= 0.3 is 0 Å². The Bertz CT molecular complexity index is 19.7. The third kappa shape index (κ3) is 18700. The Morgan fingerprint density at radius 2 is 1.00 bits per heavy atom. The fourth-order valence-electron chi connectivity index (χ4n) is 0. The van der Waals surface area contributed by atoms with Gasteiger partial charge in [0.2, 0.25) is 0 Å². The Hall–Kier alpha value is -0.0700. The van der Waals surface area contributed by atoms with Crippen LogP contribution >= 0.6 is 0 Å². The van der Waals surface area contributed by atoms with Crippen LogP contribution in [-0.4, -0.2) is 5.67 Å². The first-order chi connectivity index (χ1) is 3.00. The molecule has 0 aliphatic rings. The van der Waals surface area contributed by atoms with Crippen molar-refractivity contribution in [3.63, 3.8) is 0 Å². The first kappa shape index (κ1) is 10.0. The van der Waals surface area contributed by atoms with Gasteiger partial charge in [-0.1, -0.05) is 13.8 Å².